The van der Waals surface area contributed by atoms with E-state index in [9.17, 15) is 0 Å². The van der Waals surface area contributed by atoms with Gasteiger partial charge in [-0.25, -0.2) is 4.98 Å². The molecule has 82 valence electrons. The Labute approximate surface area is 93.4 Å². The van der Waals surface area contributed by atoms with Crippen LogP contribution in [0.25, 0.3) is 11.4 Å². The molecule has 0 saturated heterocycles. The van der Waals surface area contributed by atoms with Crippen LogP contribution in [0.4, 0.5) is 0 Å². The predicted molar refractivity (Wildman–Crippen MR) is 59.6 cm³/mol. The Kier molecular flexibility index (Phi) is 2.06. The highest BCUT2D eigenvalue weighted by Gasteiger charge is 2.13. The maximum atomic E-state index is 5.54. The Balaban J connectivity index is 2.06. The number of fused-ring (bicyclic) bond motifs is 1. The van der Waals surface area contributed by atoms with Crippen LogP contribution in [-0.4, -0.2) is 22.8 Å². The van der Waals surface area contributed by atoms with E-state index in [1.807, 2.05) is 36.0 Å². The summed E-state index contributed by atoms with van der Waals surface area (Å²) in [5, 5.41) is 0. The summed E-state index contributed by atoms with van der Waals surface area (Å²) in [6, 6.07) is 5.89. The summed E-state index contributed by atoms with van der Waals surface area (Å²) in [6.07, 6.45) is 3.71. The van der Waals surface area contributed by atoms with Crippen molar-refractivity contribution in [2.24, 2.45) is 7.05 Å². The zero-order valence-electron chi connectivity index (χ0n) is 9.01. The monoisotopic (exact) mass is 216 g/mol. The fourth-order valence-corrected chi connectivity index (χ4v) is 1.83. The van der Waals surface area contributed by atoms with Gasteiger partial charge in [-0.05, 0) is 18.2 Å². The van der Waals surface area contributed by atoms with E-state index in [1.54, 1.807) is 6.20 Å². The minimum atomic E-state index is 0.608. The van der Waals surface area contributed by atoms with Gasteiger partial charge in [-0.2, -0.15) is 0 Å². The van der Waals surface area contributed by atoms with E-state index < -0.39 is 0 Å². The van der Waals surface area contributed by atoms with Crippen LogP contribution in [0, 0.1) is 0 Å². The molecule has 0 aliphatic carbocycles. The number of hydrogen-bond donors (Lipinski definition) is 0. The number of hydrogen-bond acceptors (Lipinski definition) is 3. The van der Waals surface area contributed by atoms with Crippen molar-refractivity contribution in [3.05, 3.63) is 30.6 Å². The van der Waals surface area contributed by atoms with Crippen LogP contribution < -0.4 is 9.47 Å². The molecule has 0 N–H and O–H groups in total. The number of imidazole rings is 1. The molecule has 0 fully saturated rings. The van der Waals surface area contributed by atoms with Crippen LogP contribution in [0.3, 0.4) is 0 Å². The Bertz CT molecular complexity index is 519. The second-order valence-electron chi connectivity index (χ2n) is 3.72. The number of aryl methyl sites for hydroxylation is 1. The fraction of sp³-hybridized carbons (Fsp3) is 0.250. The van der Waals surface area contributed by atoms with Gasteiger partial charge in [0.1, 0.15) is 19.0 Å². The van der Waals surface area contributed by atoms with Crippen molar-refractivity contribution in [1.29, 1.82) is 0 Å². The minimum Gasteiger partial charge on any atom is -0.486 e. The Morgan fingerprint density at radius 1 is 1.19 bits per heavy atom. The fourth-order valence-electron chi connectivity index (χ4n) is 1.83. The molecule has 4 nitrogen and oxygen atoms in total. The third kappa shape index (κ3) is 1.43. The molecule has 0 unspecified atom stereocenters. The van der Waals surface area contributed by atoms with Crippen molar-refractivity contribution in [3.8, 4) is 22.9 Å². The van der Waals surface area contributed by atoms with Crippen molar-refractivity contribution in [3.63, 3.8) is 0 Å². The Hall–Kier alpha value is -1.97. The van der Waals surface area contributed by atoms with Crippen molar-refractivity contribution < 1.29 is 9.47 Å². The first kappa shape index (κ1) is 9.27. The second-order valence-corrected chi connectivity index (χ2v) is 3.72. The predicted octanol–water partition coefficient (Wildman–Crippen LogP) is 1.86. The summed E-state index contributed by atoms with van der Waals surface area (Å²) in [7, 11) is 1.97. The molecule has 0 bridgehead atoms. The summed E-state index contributed by atoms with van der Waals surface area (Å²) < 4.78 is 13.0. The smallest absolute Gasteiger partial charge is 0.162 e. The maximum Gasteiger partial charge on any atom is 0.162 e. The molecule has 1 aliphatic rings. The molecule has 1 aromatic carbocycles. The first-order chi connectivity index (χ1) is 7.84. The van der Waals surface area contributed by atoms with E-state index in [2.05, 4.69) is 4.98 Å². The van der Waals surface area contributed by atoms with Crippen LogP contribution in [0.2, 0.25) is 0 Å². The standard InChI is InChI=1S/C12H12N2O2/c1-14-5-4-13-12(14)9-2-3-10-11(8-9)16-7-6-15-10/h2-5,8H,6-7H2,1H3. The average molecular weight is 216 g/mol. The molecular weight excluding hydrogens is 204 g/mol. The van der Waals surface area contributed by atoms with Gasteiger partial charge >= 0.3 is 0 Å². The number of aromatic nitrogens is 2. The normalized spacial score (nSPS) is 13.8. The first-order valence-electron chi connectivity index (χ1n) is 5.22. The largest absolute Gasteiger partial charge is 0.486 e. The topological polar surface area (TPSA) is 36.3 Å². The zero-order valence-corrected chi connectivity index (χ0v) is 9.01. The lowest BCUT2D eigenvalue weighted by Crippen LogP contribution is -2.15. The van der Waals surface area contributed by atoms with Gasteiger partial charge in [-0.3, -0.25) is 0 Å². The lowest BCUT2D eigenvalue weighted by molar-refractivity contribution is 0.171. The van der Waals surface area contributed by atoms with Crippen LogP contribution in [0.5, 0.6) is 11.5 Å². The lowest BCUT2D eigenvalue weighted by Gasteiger charge is -2.18. The SMILES string of the molecule is Cn1ccnc1-c1ccc2c(c1)OCCO2. The molecule has 0 atom stereocenters. The summed E-state index contributed by atoms with van der Waals surface area (Å²) in [5.41, 5.74) is 1.04. The minimum absolute atomic E-state index is 0.608. The van der Waals surface area contributed by atoms with Gasteiger partial charge in [0.05, 0.1) is 0 Å². The molecule has 1 aliphatic heterocycles. The van der Waals surface area contributed by atoms with E-state index in [-0.39, 0.29) is 0 Å². The molecule has 0 amide bonds. The number of rotatable bonds is 1. The summed E-state index contributed by atoms with van der Waals surface area (Å²) >= 11 is 0. The highest BCUT2D eigenvalue weighted by atomic mass is 16.6. The lowest BCUT2D eigenvalue weighted by atomic mass is 10.2. The van der Waals surface area contributed by atoms with Gasteiger partial charge in [-0.15, -0.1) is 0 Å². The van der Waals surface area contributed by atoms with Crippen molar-refractivity contribution >= 4 is 0 Å². The van der Waals surface area contributed by atoms with Crippen LogP contribution in [-0.2, 0) is 7.05 Å². The summed E-state index contributed by atoms with van der Waals surface area (Å²) in [4.78, 5) is 4.30. The third-order valence-electron chi connectivity index (χ3n) is 2.62. The third-order valence-corrected chi connectivity index (χ3v) is 2.62. The highest BCUT2D eigenvalue weighted by Crippen LogP contribution is 2.33. The molecule has 1 aromatic heterocycles. The van der Waals surface area contributed by atoms with Gasteiger partial charge in [0.2, 0.25) is 0 Å². The van der Waals surface area contributed by atoms with E-state index in [0.29, 0.717) is 13.2 Å². The molecule has 0 radical (unpaired) electrons. The van der Waals surface area contributed by atoms with Crippen molar-refractivity contribution in [2.75, 3.05) is 13.2 Å². The maximum absolute atomic E-state index is 5.54. The van der Waals surface area contributed by atoms with E-state index in [1.165, 1.54) is 0 Å². The van der Waals surface area contributed by atoms with Crippen LogP contribution in [0.15, 0.2) is 30.6 Å². The van der Waals surface area contributed by atoms with Crippen molar-refractivity contribution in [1.82, 2.24) is 9.55 Å². The zero-order chi connectivity index (χ0) is 11.0. The Morgan fingerprint density at radius 3 is 2.75 bits per heavy atom. The van der Waals surface area contributed by atoms with Crippen LogP contribution in [0.1, 0.15) is 0 Å². The molecule has 3 rings (SSSR count). The van der Waals surface area contributed by atoms with Gasteiger partial charge in [0, 0.05) is 25.0 Å². The quantitative estimate of drug-likeness (QED) is 0.730. The molecule has 2 aromatic rings. The Morgan fingerprint density at radius 2 is 2.00 bits per heavy atom. The van der Waals surface area contributed by atoms with E-state index in [0.717, 1.165) is 22.9 Å². The number of ether oxygens (including phenoxy) is 2. The molecule has 0 saturated carbocycles. The first-order valence-corrected chi connectivity index (χ1v) is 5.22. The molecule has 16 heavy (non-hydrogen) atoms. The summed E-state index contributed by atoms with van der Waals surface area (Å²) in [5.74, 6) is 2.54. The van der Waals surface area contributed by atoms with Gasteiger partial charge in [0.25, 0.3) is 0 Å². The van der Waals surface area contributed by atoms with Crippen molar-refractivity contribution in [2.45, 2.75) is 0 Å². The van der Waals surface area contributed by atoms with E-state index >= 15 is 0 Å². The second kappa shape index (κ2) is 3.56. The average Bonchev–Trinajstić information content (AvgIpc) is 2.75. The molecular formula is C12H12N2O2. The van der Waals surface area contributed by atoms with Crippen LogP contribution >= 0.6 is 0 Å². The van der Waals surface area contributed by atoms with E-state index in [4.69, 9.17) is 9.47 Å². The molecule has 2 heterocycles. The highest BCUT2D eigenvalue weighted by molar-refractivity contribution is 5.61. The van der Waals surface area contributed by atoms with Gasteiger partial charge in [-0.1, -0.05) is 0 Å². The number of nitrogens with zero attached hydrogens (tertiary/aromatic N) is 2. The van der Waals surface area contributed by atoms with Gasteiger partial charge in [0.15, 0.2) is 11.5 Å². The number of benzene rings is 1. The summed E-state index contributed by atoms with van der Waals surface area (Å²) in [6.45, 7) is 1.23. The van der Waals surface area contributed by atoms with Gasteiger partial charge < -0.3 is 14.0 Å². The molecule has 4 heteroatoms. The molecule has 0 spiro atoms.